The maximum atomic E-state index is 6.04. The van der Waals surface area contributed by atoms with Crippen molar-refractivity contribution >= 4 is 0 Å². The number of aryl methyl sites for hydroxylation is 1. The summed E-state index contributed by atoms with van der Waals surface area (Å²) in [6, 6.07) is 6.87. The van der Waals surface area contributed by atoms with Gasteiger partial charge < -0.3 is 14.8 Å². The summed E-state index contributed by atoms with van der Waals surface area (Å²) in [5.74, 6) is 1.03. The predicted octanol–water partition coefficient (Wildman–Crippen LogP) is 3.14. The molecule has 2 aliphatic rings. The molecule has 3 heterocycles. The number of hydrogen-bond acceptors (Lipinski definition) is 4. The van der Waals surface area contributed by atoms with Crippen LogP contribution in [0.4, 0.5) is 0 Å². The van der Waals surface area contributed by atoms with Crippen molar-refractivity contribution in [2.24, 2.45) is 7.05 Å². The van der Waals surface area contributed by atoms with Gasteiger partial charge in [-0.2, -0.15) is 5.10 Å². The van der Waals surface area contributed by atoms with Crippen LogP contribution in [-0.2, 0) is 24.8 Å². The van der Waals surface area contributed by atoms with E-state index in [1.165, 1.54) is 11.1 Å². The highest BCUT2D eigenvalue weighted by molar-refractivity contribution is 5.41. The maximum Gasteiger partial charge on any atom is 0.123 e. The van der Waals surface area contributed by atoms with E-state index < -0.39 is 0 Å². The second kappa shape index (κ2) is 6.46. The topological polar surface area (TPSA) is 48.3 Å². The lowest BCUT2D eigenvalue weighted by atomic mass is 9.97. The van der Waals surface area contributed by atoms with Crippen LogP contribution in [0.2, 0.25) is 0 Å². The lowest BCUT2D eigenvalue weighted by Gasteiger charge is -2.32. The molecule has 1 aromatic carbocycles. The molecule has 5 nitrogen and oxygen atoms in total. The predicted molar refractivity (Wildman–Crippen MR) is 96.6 cm³/mol. The van der Waals surface area contributed by atoms with E-state index in [-0.39, 0.29) is 11.7 Å². The average Bonchev–Trinajstić information content (AvgIpc) is 3.14. The van der Waals surface area contributed by atoms with Crippen molar-refractivity contribution in [1.82, 2.24) is 15.1 Å². The van der Waals surface area contributed by atoms with Gasteiger partial charge in [-0.3, -0.25) is 4.68 Å². The number of nitrogens with one attached hydrogen (secondary N) is 1. The molecule has 2 aliphatic heterocycles. The smallest absolute Gasteiger partial charge is 0.123 e. The molecule has 1 fully saturated rings. The highest BCUT2D eigenvalue weighted by Gasteiger charge is 2.31. The van der Waals surface area contributed by atoms with Gasteiger partial charge in [0.2, 0.25) is 0 Å². The maximum absolute atomic E-state index is 6.04. The summed E-state index contributed by atoms with van der Waals surface area (Å²) in [4.78, 5) is 0. The molecule has 0 amide bonds. The summed E-state index contributed by atoms with van der Waals surface area (Å²) in [6.45, 7) is 5.95. The van der Waals surface area contributed by atoms with Crippen LogP contribution in [0.3, 0.4) is 0 Å². The zero-order chi connectivity index (χ0) is 17.4. The number of rotatable bonds is 4. The number of aromatic nitrogens is 2. The van der Waals surface area contributed by atoms with Crippen molar-refractivity contribution in [3.63, 3.8) is 0 Å². The molecular formula is C20H27N3O2. The summed E-state index contributed by atoms with van der Waals surface area (Å²) in [7, 11) is 1.95. The third-order valence-electron chi connectivity index (χ3n) is 5.07. The van der Waals surface area contributed by atoms with Crippen molar-refractivity contribution in [3.05, 3.63) is 47.3 Å². The van der Waals surface area contributed by atoms with Crippen molar-refractivity contribution < 1.29 is 9.47 Å². The van der Waals surface area contributed by atoms with E-state index in [4.69, 9.17) is 9.47 Å². The average molecular weight is 341 g/mol. The lowest BCUT2D eigenvalue weighted by molar-refractivity contribution is -0.0112. The fourth-order valence-electron chi connectivity index (χ4n) is 3.93. The monoisotopic (exact) mass is 341 g/mol. The molecule has 134 valence electrons. The molecular weight excluding hydrogens is 314 g/mol. The molecule has 0 spiro atoms. The van der Waals surface area contributed by atoms with E-state index in [9.17, 15) is 0 Å². The van der Waals surface area contributed by atoms with Crippen molar-refractivity contribution in [2.75, 3.05) is 6.61 Å². The molecule has 0 bridgehead atoms. The third kappa shape index (κ3) is 3.58. The van der Waals surface area contributed by atoms with Gasteiger partial charge in [0.15, 0.2) is 0 Å². The van der Waals surface area contributed by atoms with Gasteiger partial charge in [-0.15, -0.1) is 0 Å². The first kappa shape index (κ1) is 16.6. The van der Waals surface area contributed by atoms with E-state index in [2.05, 4.69) is 48.7 Å². The molecule has 5 heteroatoms. The Morgan fingerprint density at radius 3 is 3.04 bits per heavy atom. The quantitative estimate of drug-likeness (QED) is 0.928. The van der Waals surface area contributed by atoms with Gasteiger partial charge >= 0.3 is 0 Å². The fourth-order valence-corrected chi connectivity index (χ4v) is 3.93. The lowest BCUT2D eigenvalue weighted by Crippen LogP contribution is -2.39. The first-order chi connectivity index (χ1) is 12.0. The molecule has 1 saturated heterocycles. The first-order valence-electron chi connectivity index (χ1n) is 9.14. The van der Waals surface area contributed by atoms with E-state index in [1.54, 1.807) is 0 Å². The summed E-state index contributed by atoms with van der Waals surface area (Å²) in [5, 5.41) is 8.00. The Bertz CT molecular complexity index is 753. The van der Waals surface area contributed by atoms with Crippen LogP contribution in [0.1, 0.15) is 49.5 Å². The van der Waals surface area contributed by atoms with Crippen molar-refractivity contribution in [3.8, 4) is 5.75 Å². The van der Waals surface area contributed by atoms with Crippen LogP contribution < -0.4 is 10.1 Å². The Balaban J connectivity index is 1.43. The highest BCUT2D eigenvalue weighted by atomic mass is 16.5. The summed E-state index contributed by atoms with van der Waals surface area (Å²) >= 11 is 0. The zero-order valence-corrected chi connectivity index (χ0v) is 15.3. The molecule has 4 rings (SSSR count). The second-order valence-electron chi connectivity index (χ2n) is 7.85. The fraction of sp³-hybridized carbons (Fsp3) is 0.550. The number of nitrogens with zero attached hydrogens (tertiary/aromatic N) is 2. The van der Waals surface area contributed by atoms with Crippen LogP contribution >= 0.6 is 0 Å². The number of benzene rings is 1. The van der Waals surface area contributed by atoms with E-state index >= 15 is 0 Å². The van der Waals surface area contributed by atoms with Crippen molar-refractivity contribution in [2.45, 2.75) is 57.4 Å². The molecule has 25 heavy (non-hydrogen) atoms. The Kier molecular flexibility index (Phi) is 4.29. The Morgan fingerprint density at radius 2 is 2.24 bits per heavy atom. The van der Waals surface area contributed by atoms with Gasteiger partial charge in [-0.1, -0.05) is 12.1 Å². The summed E-state index contributed by atoms with van der Waals surface area (Å²) in [6.07, 6.45) is 7.25. The molecule has 1 aromatic heterocycles. The van der Waals surface area contributed by atoms with Crippen LogP contribution in [-0.4, -0.2) is 28.0 Å². The number of hydrogen-bond donors (Lipinski definition) is 1. The molecule has 0 unspecified atom stereocenters. The molecule has 0 radical (unpaired) electrons. The van der Waals surface area contributed by atoms with Crippen molar-refractivity contribution in [1.29, 1.82) is 0 Å². The zero-order valence-electron chi connectivity index (χ0n) is 15.3. The molecule has 2 aromatic rings. The Labute approximate surface area is 149 Å². The summed E-state index contributed by atoms with van der Waals surface area (Å²) in [5.41, 5.74) is 3.68. The van der Waals surface area contributed by atoms with E-state index in [0.29, 0.717) is 6.04 Å². The largest absolute Gasteiger partial charge is 0.487 e. The van der Waals surface area contributed by atoms with Gasteiger partial charge in [0.1, 0.15) is 17.5 Å². The van der Waals surface area contributed by atoms with Crippen LogP contribution in [0.25, 0.3) is 0 Å². The molecule has 0 saturated carbocycles. The molecule has 2 atom stereocenters. The standard InChI is InChI=1S/C20H27N3O2/c1-20(2)10-15-9-14(6-7-18(15)25-20)11-21-17-5-4-8-24-19(17)16-12-22-23(3)13-16/h6-7,9,12-13,17,19,21H,4-5,8,10-11H2,1-3H3/t17-,19+/m0/s1. The minimum atomic E-state index is -0.0863. The first-order valence-corrected chi connectivity index (χ1v) is 9.14. The number of fused-ring (bicyclic) bond motifs is 1. The molecule has 1 N–H and O–H groups in total. The molecule has 0 aliphatic carbocycles. The summed E-state index contributed by atoms with van der Waals surface area (Å²) < 4.78 is 13.9. The van der Waals surface area contributed by atoms with Gasteiger partial charge in [-0.05, 0) is 43.9 Å². The van der Waals surface area contributed by atoms with E-state index in [0.717, 1.165) is 43.7 Å². The number of ether oxygens (including phenoxy) is 2. The second-order valence-corrected chi connectivity index (χ2v) is 7.85. The Hall–Kier alpha value is -1.85. The minimum absolute atomic E-state index is 0.0825. The van der Waals surface area contributed by atoms with Crippen LogP contribution in [0.15, 0.2) is 30.6 Å². The third-order valence-corrected chi connectivity index (χ3v) is 5.07. The van der Waals surface area contributed by atoms with Gasteiger partial charge in [0, 0.05) is 44.4 Å². The highest BCUT2D eigenvalue weighted by Crippen LogP contribution is 2.35. The van der Waals surface area contributed by atoms with Gasteiger partial charge in [0.25, 0.3) is 0 Å². The van der Waals surface area contributed by atoms with Crippen LogP contribution in [0.5, 0.6) is 5.75 Å². The van der Waals surface area contributed by atoms with Crippen LogP contribution in [0, 0.1) is 0 Å². The van der Waals surface area contributed by atoms with Gasteiger partial charge in [-0.25, -0.2) is 0 Å². The van der Waals surface area contributed by atoms with E-state index in [1.807, 2.05) is 17.9 Å². The Morgan fingerprint density at radius 1 is 1.36 bits per heavy atom. The van der Waals surface area contributed by atoms with Gasteiger partial charge in [0.05, 0.1) is 6.20 Å². The normalized spacial score (nSPS) is 24.8. The minimum Gasteiger partial charge on any atom is -0.487 e. The SMILES string of the molecule is Cn1cc([C@H]2OCCC[C@@H]2NCc2ccc3c(c2)CC(C)(C)O3)cn1.